The number of ether oxygens (including phenoxy) is 1. The molecule has 0 radical (unpaired) electrons. The molecule has 0 spiro atoms. The van der Waals surface area contributed by atoms with E-state index in [9.17, 15) is 18.4 Å². The molecule has 0 saturated carbocycles. The summed E-state index contributed by atoms with van der Waals surface area (Å²) in [7, 11) is 0. The van der Waals surface area contributed by atoms with Gasteiger partial charge in [-0.15, -0.1) is 24.0 Å². The van der Waals surface area contributed by atoms with Gasteiger partial charge in [0.05, 0.1) is 22.5 Å². The fourth-order valence-corrected chi connectivity index (χ4v) is 4.20. The summed E-state index contributed by atoms with van der Waals surface area (Å²) >= 11 is 5.78. The molecule has 3 aromatic rings. The van der Waals surface area contributed by atoms with E-state index in [2.05, 4.69) is 27.9 Å². The molecule has 11 heteroatoms. The summed E-state index contributed by atoms with van der Waals surface area (Å²) in [5.41, 5.74) is 2.27. The third-order valence-electron chi connectivity index (χ3n) is 4.49. The van der Waals surface area contributed by atoms with Gasteiger partial charge in [-0.2, -0.15) is 18.4 Å². The Kier molecular flexibility index (Phi) is 8.41. The molecule has 0 aliphatic heterocycles. The van der Waals surface area contributed by atoms with E-state index in [0.717, 1.165) is 22.3 Å². The molecule has 0 amide bonds. The lowest BCUT2D eigenvalue weighted by molar-refractivity contribution is -0.136. The van der Waals surface area contributed by atoms with Gasteiger partial charge in [-0.25, -0.2) is 9.98 Å². The first-order chi connectivity index (χ1) is 15.8. The summed E-state index contributed by atoms with van der Waals surface area (Å²) in [4.78, 5) is 10.8. The highest BCUT2D eigenvalue weighted by atomic mass is 32.2. The minimum absolute atomic E-state index is 0.0261. The van der Waals surface area contributed by atoms with Gasteiger partial charge >= 0.3 is 6.18 Å². The fourth-order valence-electron chi connectivity index (χ4n) is 3.06. The van der Waals surface area contributed by atoms with Crippen LogP contribution in [0.3, 0.4) is 0 Å². The molecule has 174 valence electrons. The van der Waals surface area contributed by atoms with Crippen molar-refractivity contribution in [2.24, 2.45) is 4.99 Å². The minimum Gasteiger partial charge on any atom is -0.494 e. The first-order valence-electron chi connectivity index (χ1n) is 10.2. The molecular weight excluding hydrogens is 471 g/mol. The average molecular weight is 494 g/mol. The van der Waals surface area contributed by atoms with E-state index in [4.69, 9.17) is 4.74 Å². The topological polar surface area (TPSA) is 73.5 Å². The molecular formula is C22H22F3N5OS2. The summed E-state index contributed by atoms with van der Waals surface area (Å²) < 4.78 is 43.7. The molecule has 0 aliphatic carbocycles. The number of alkyl halides is 3. The largest absolute Gasteiger partial charge is 0.494 e. The van der Waals surface area contributed by atoms with Crippen LogP contribution in [0.25, 0.3) is 10.2 Å². The molecule has 3 rings (SSSR count). The first kappa shape index (κ1) is 24.7. The second-order valence-corrected chi connectivity index (χ2v) is 8.79. The van der Waals surface area contributed by atoms with Gasteiger partial charge in [0.1, 0.15) is 10.1 Å². The van der Waals surface area contributed by atoms with Crippen LogP contribution in [0.2, 0.25) is 0 Å². The summed E-state index contributed by atoms with van der Waals surface area (Å²) in [6.07, 6.45) is -2.42. The van der Waals surface area contributed by atoms with Crippen LogP contribution in [0.1, 0.15) is 26.2 Å². The van der Waals surface area contributed by atoms with Crippen molar-refractivity contribution in [1.82, 2.24) is 10.3 Å². The van der Waals surface area contributed by atoms with Crippen molar-refractivity contribution in [3.05, 3.63) is 42.5 Å². The number of nitrogens with zero attached hydrogens (tertiary/aromatic N) is 4. The first-order valence-corrected chi connectivity index (χ1v) is 11.5. The Bertz CT molecular complexity index is 1140. The SMILES string of the molecule is CCCN(/C(=N/c1ccc(OCCCC(F)(F)F)cc1)NC#N)c1ccc2nc(S)sc2c1. The van der Waals surface area contributed by atoms with E-state index < -0.39 is 12.6 Å². The Morgan fingerprint density at radius 2 is 2.03 bits per heavy atom. The quantitative estimate of drug-likeness (QED) is 0.0965. The Morgan fingerprint density at radius 1 is 1.27 bits per heavy atom. The minimum atomic E-state index is -4.18. The fraction of sp³-hybridized carbons (Fsp3) is 0.318. The van der Waals surface area contributed by atoms with Gasteiger partial charge in [-0.05, 0) is 55.3 Å². The van der Waals surface area contributed by atoms with E-state index in [1.807, 2.05) is 36.2 Å². The van der Waals surface area contributed by atoms with Crippen molar-refractivity contribution in [3.63, 3.8) is 0 Å². The number of aliphatic imine (C=N–C) groups is 1. The number of hydrogen-bond donors (Lipinski definition) is 2. The van der Waals surface area contributed by atoms with Gasteiger partial charge in [0.25, 0.3) is 0 Å². The van der Waals surface area contributed by atoms with Crippen molar-refractivity contribution in [1.29, 1.82) is 5.26 Å². The molecule has 0 unspecified atom stereocenters. The standard InChI is InChI=1S/C22H22F3N5OS2/c1-2-11-30(16-6-9-18-19(13-16)33-21(32)29-18)20(27-14-26)28-15-4-7-17(8-5-15)31-12-3-10-22(23,24)25/h4-9,13H,2-3,10-12H2,1H3,(H,27,28)(H,29,32). The molecule has 0 fully saturated rings. The van der Waals surface area contributed by atoms with E-state index in [0.29, 0.717) is 28.3 Å². The van der Waals surface area contributed by atoms with Crippen LogP contribution in [0.4, 0.5) is 24.5 Å². The number of guanidine groups is 1. The number of nitriles is 1. The second-order valence-electron chi connectivity index (χ2n) is 7.03. The van der Waals surface area contributed by atoms with Crippen molar-refractivity contribution in [2.75, 3.05) is 18.1 Å². The highest BCUT2D eigenvalue weighted by Crippen LogP contribution is 2.29. The maximum Gasteiger partial charge on any atom is 0.389 e. The van der Waals surface area contributed by atoms with Gasteiger partial charge in [0.15, 0.2) is 6.19 Å². The van der Waals surface area contributed by atoms with Gasteiger partial charge in [-0.3, -0.25) is 5.32 Å². The van der Waals surface area contributed by atoms with Crippen molar-refractivity contribution >= 4 is 51.5 Å². The molecule has 1 aromatic heterocycles. The van der Waals surface area contributed by atoms with Gasteiger partial charge in [-0.1, -0.05) is 6.92 Å². The molecule has 2 aromatic carbocycles. The maximum atomic E-state index is 12.2. The van der Waals surface area contributed by atoms with Crippen LogP contribution in [-0.4, -0.2) is 30.3 Å². The van der Waals surface area contributed by atoms with Crippen molar-refractivity contribution in [3.8, 4) is 11.9 Å². The highest BCUT2D eigenvalue weighted by molar-refractivity contribution is 7.82. The van der Waals surface area contributed by atoms with Crippen molar-refractivity contribution in [2.45, 2.75) is 36.7 Å². The van der Waals surface area contributed by atoms with Crippen molar-refractivity contribution < 1.29 is 17.9 Å². The van der Waals surface area contributed by atoms with E-state index in [-0.39, 0.29) is 13.0 Å². The number of nitrogens with one attached hydrogen (secondary N) is 1. The van der Waals surface area contributed by atoms with Gasteiger partial charge in [0.2, 0.25) is 5.96 Å². The maximum absolute atomic E-state index is 12.2. The number of rotatable bonds is 8. The number of fused-ring (bicyclic) bond motifs is 1. The lowest BCUT2D eigenvalue weighted by Gasteiger charge is -2.24. The zero-order valence-electron chi connectivity index (χ0n) is 17.8. The smallest absolute Gasteiger partial charge is 0.389 e. The number of thiol groups is 1. The van der Waals surface area contributed by atoms with E-state index >= 15 is 0 Å². The summed E-state index contributed by atoms with van der Waals surface area (Å²) in [6, 6.07) is 12.4. The van der Waals surface area contributed by atoms with Crippen LogP contribution >= 0.6 is 24.0 Å². The summed E-state index contributed by atoms with van der Waals surface area (Å²) in [5.74, 6) is 0.808. The lowest BCUT2D eigenvalue weighted by Crippen LogP contribution is -2.39. The molecule has 0 bridgehead atoms. The van der Waals surface area contributed by atoms with Crippen LogP contribution in [-0.2, 0) is 0 Å². The summed E-state index contributed by atoms with van der Waals surface area (Å²) in [6.45, 7) is 2.62. The monoisotopic (exact) mass is 493 g/mol. The number of anilines is 1. The lowest BCUT2D eigenvalue weighted by atomic mass is 10.2. The number of hydrogen-bond acceptors (Lipinski definition) is 6. The highest BCUT2D eigenvalue weighted by Gasteiger charge is 2.26. The Labute approximate surface area is 199 Å². The molecule has 0 atom stereocenters. The third kappa shape index (κ3) is 7.27. The Morgan fingerprint density at radius 3 is 2.70 bits per heavy atom. The van der Waals surface area contributed by atoms with Crippen LogP contribution in [0.5, 0.6) is 5.75 Å². The number of benzene rings is 2. The van der Waals surface area contributed by atoms with Crippen LogP contribution in [0.15, 0.2) is 51.8 Å². The average Bonchev–Trinajstić information content (AvgIpc) is 3.14. The predicted molar refractivity (Wildman–Crippen MR) is 128 cm³/mol. The normalized spacial score (nSPS) is 11.9. The second kappa shape index (κ2) is 11.2. The molecule has 0 saturated heterocycles. The number of aromatic nitrogens is 1. The Balaban J connectivity index is 1.78. The van der Waals surface area contributed by atoms with Crippen LogP contribution in [0, 0.1) is 11.5 Å². The predicted octanol–water partition coefficient (Wildman–Crippen LogP) is 6.28. The van der Waals surface area contributed by atoms with Crippen LogP contribution < -0.4 is 15.0 Å². The third-order valence-corrected chi connectivity index (χ3v) is 5.68. The summed E-state index contributed by atoms with van der Waals surface area (Å²) in [5, 5.41) is 11.9. The molecule has 0 aliphatic rings. The van der Waals surface area contributed by atoms with E-state index in [1.54, 1.807) is 24.3 Å². The molecule has 33 heavy (non-hydrogen) atoms. The molecule has 1 heterocycles. The van der Waals surface area contributed by atoms with Gasteiger partial charge < -0.3 is 9.64 Å². The van der Waals surface area contributed by atoms with Gasteiger partial charge in [0, 0.05) is 18.7 Å². The zero-order valence-corrected chi connectivity index (χ0v) is 19.5. The Hall–Kier alpha value is -2.97. The molecule has 1 N–H and O–H groups in total. The van der Waals surface area contributed by atoms with E-state index in [1.165, 1.54) is 11.3 Å². The zero-order chi connectivity index (χ0) is 23.8. The number of halogens is 3. The number of thiazole rings is 1. The molecule has 6 nitrogen and oxygen atoms in total.